The summed E-state index contributed by atoms with van der Waals surface area (Å²) in [7, 11) is 1.37. The summed E-state index contributed by atoms with van der Waals surface area (Å²) in [5.74, 6) is 0.890. The van der Waals surface area contributed by atoms with Gasteiger partial charge in [0.2, 0.25) is 0 Å². The van der Waals surface area contributed by atoms with Crippen LogP contribution in [0.15, 0.2) is 47.6 Å². The predicted octanol–water partition coefficient (Wildman–Crippen LogP) is 4.02. The molecular formula is C18H19F2N3O3S. The van der Waals surface area contributed by atoms with Gasteiger partial charge in [0.05, 0.1) is 19.9 Å². The molecule has 0 aliphatic rings. The van der Waals surface area contributed by atoms with Crippen molar-refractivity contribution >= 4 is 29.2 Å². The van der Waals surface area contributed by atoms with E-state index >= 15 is 0 Å². The van der Waals surface area contributed by atoms with Gasteiger partial charge in [-0.05, 0) is 67.2 Å². The molecule has 0 aliphatic carbocycles. The molecule has 144 valence electrons. The van der Waals surface area contributed by atoms with E-state index < -0.39 is 6.61 Å². The molecule has 0 heterocycles. The monoisotopic (exact) mass is 395 g/mol. The van der Waals surface area contributed by atoms with Crippen molar-refractivity contribution in [3.63, 3.8) is 0 Å². The van der Waals surface area contributed by atoms with E-state index in [-0.39, 0.29) is 16.6 Å². The minimum Gasteiger partial charge on any atom is -0.494 e. The quantitative estimate of drug-likeness (QED) is 0.400. The van der Waals surface area contributed by atoms with Crippen molar-refractivity contribution in [3.8, 4) is 17.2 Å². The fraction of sp³-hybridized carbons (Fsp3) is 0.222. The Morgan fingerprint density at radius 1 is 1.19 bits per heavy atom. The van der Waals surface area contributed by atoms with Crippen molar-refractivity contribution < 1.29 is 23.0 Å². The molecule has 0 fully saturated rings. The number of nitrogens with zero attached hydrogens (tertiary/aromatic N) is 1. The summed E-state index contributed by atoms with van der Waals surface area (Å²) in [5, 5.41) is 7.20. The predicted molar refractivity (Wildman–Crippen MR) is 104 cm³/mol. The van der Waals surface area contributed by atoms with Crippen molar-refractivity contribution in [3.05, 3.63) is 48.0 Å². The fourth-order valence-corrected chi connectivity index (χ4v) is 2.26. The number of hydrogen-bond acceptors (Lipinski definition) is 5. The molecule has 6 nitrogen and oxygen atoms in total. The molecular weight excluding hydrogens is 376 g/mol. The Kier molecular flexibility index (Phi) is 7.75. The summed E-state index contributed by atoms with van der Waals surface area (Å²) in [6.07, 6.45) is 1.42. The number of ether oxygens (including phenoxy) is 3. The van der Waals surface area contributed by atoms with Gasteiger partial charge >= 0.3 is 6.61 Å². The van der Waals surface area contributed by atoms with E-state index in [1.807, 2.05) is 31.2 Å². The second-order valence-corrected chi connectivity index (χ2v) is 5.48. The van der Waals surface area contributed by atoms with E-state index in [2.05, 4.69) is 20.6 Å². The Morgan fingerprint density at radius 2 is 1.93 bits per heavy atom. The van der Waals surface area contributed by atoms with Crippen LogP contribution in [-0.4, -0.2) is 31.7 Å². The van der Waals surface area contributed by atoms with Crippen molar-refractivity contribution in [1.29, 1.82) is 0 Å². The Morgan fingerprint density at radius 3 is 2.56 bits per heavy atom. The topological polar surface area (TPSA) is 64.1 Å². The van der Waals surface area contributed by atoms with Crippen LogP contribution in [0.25, 0.3) is 0 Å². The largest absolute Gasteiger partial charge is 0.494 e. The number of methoxy groups -OCH3 is 1. The molecule has 0 saturated heterocycles. The molecule has 0 atom stereocenters. The van der Waals surface area contributed by atoms with Gasteiger partial charge in [-0.3, -0.25) is 5.43 Å². The third-order valence-electron chi connectivity index (χ3n) is 3.21. The van der Waals surface area contributed by atoms with Crippen LogP contribution in [0.4, 0.5) is 14.5 Å². The molecule has 2 aromatic rings. The first-order valence-electron chi connectivity index (χ1n) is 7.97. The second-order valence-electron chi connectivity index (χ2n) is 5.07. The molecule has 27 heavy (non-hydrogen) atoms. The molecule has 2 N–H and O–H groups in total. The zero-order valence-corrected chi connectivity index (χ0v) is 15.6. The zero-order valence-electron chi connectivity index (χ0n) is 14.7. The van der Waals surface area contributed by atoms with Gasteiger partial charge in [0.25, 0.3) is 0 Å². The number of rotatable bonds is 8. The smallest absolute Gasteiger partial charge is 0.387 e. The highest BCUT2D eigenvalue weighted by Crippen LogP contribution is 2.28. The average Bonchev–Trinajstić information content (AvgIpc) is 2.63. The van der Waals surface area contributed by atoms with Crippen LogP contribution in [0.5, 0.6) is 17.2 Å². The fourth-order valence-electron chi connectivity index (χ4n) is 2.09. The third kappa shape index (κ3) is 6.70. The van der Waals surface area contributed by atoms with Crippen LogP contribution in [-0.2, 0) is 0 Å². The summed E-state index contributed by atoms with van der Waals surface area (Å²) < 4.78 is 39.6. The molecule has 0 bridgehead atoms. The molecule has 0 saturated carbocycles. The average molecular weight is 395 g/mol. The van der Waals surface area contributed by atoms with Gasteiger partial charge in [-0.2, -0.15) is 13.9 Å². The molecule has 0 amide bonds. The van der Waals surface area contributed by atoms with Crippen molar-refractivity contribution in [2.24, 2.45) is 5.10 Å². The van der Waals surface area contributed by atoms with E-state index in [1.165, 1.54) is 25.5 Å². The number of benzene rings is 2. The normalized spacial score (nSPS) is 10.7. The first-order chi connectivity index (χ1) is 13.0. The van der Waals surface area contributed by atoms with E-state index in [1.54, 1.807) is 6.07 Å². The summed E-state index contributed by atoms with van der Waals surface area (Å²) in [5.41, 5.74) is 3.94. The second kappa shape index (κ2) is 10.3. The lowest BCUT2D eigenvalue weighted by Crippen LogP contribution is -2.23. The number of nitrogens with one attached hydrogen (secondary N) is 2. The molecule has 2 aromatic carbocycles. The van der Waals surface area contributed by atoms with E-state index in [4.69, 9.17) is 21.7 Å². The lowest BCUT2D eigenvalue weighted by Gasteiger charge is -2.10. The van der Waals surface area contributed by atoms with Gasteiger partial charge in [0.1, 0.15) is 5.75 Å². The minimum absolute atomic E-state index is 0.0773. The molecule has 0 aliphatic heterocycles. The number of anilines is 1. The number of hydrogen-bond donors (Lipinski definition) is 2. The van der Waals surface area contributed by atoms with Gasteiger partial charge < -0.3 is 19.5 Å². The Bertz CT molecular complexity index is 786. The van der Waals surface area contributed by atoms with Gasteiger partial charge in [-0.15, -0.1) is 0 Å². The Hall–Kier alpha value is -2.94. The number of halogens is 2. The highest BCUT2D eigenvalue weighted by atomic mass is 32.1. The van der Waals surface area contributed by atoms with Crippen LogP contribution < -0.4 is 25.0 Å². The highest BCUT2D eigenvalue weighted by molar-refractivity contribution is 7.80. The number of alkyl halides is 2. The maximum absolute atomic E-state index is 12.4. The number of hydrazone groups is 1. The summed E-state index contributed by atoms with van der Waals surface area (Å²) in [6.45, 7) is -0.444. The van der Waals surface area contributed by atoms with Crippen molar-refractivity contribution in [1.82, 2.24) is 5.43 Å². The van der Waals surface area contributed by atoms with Crippen LogP contribution in [0.3, 0.4) is 0 Å². The first-order valence-corrected chi connectivity index (χ1v) is 8.38. The summed E-state index contributed by atoms with van der Waals surface area (Å²) in [4.78, 5) is 0. The maximum atomic E-state index is 12.4. The lowest BCUT2D eigenvalue weighted by molar-refractivity contribution is -0.0512. The molecule has 0 unspecified atom stereocenters. The van der Waals surface area contributed by atoms with Crippen LogP contribution in [0.2, 0.25) is 0 Å². The van der Waals surface area contributed by atoms with Gasteiger partial charge in [0, 0.05) is 5.69 Å². The molecule has 0 spiro atoms. The minimum atomic E-state index is -2.95. The SMILES string of the molecule is CCOc1ccc(NC(=S)N/N=C\c2ccc(OC)c(OC(F)F)c2)cc1. The van der Waals surface area contributed by atoms with Gasteiger partial charge in [-0.25, -0.2) is 0 Å². The molecule has 9 heteroatoms. The van der Waals surface area contributed by atoms with E-state index in [0.29, 0.717) is 12.2 Å². The third-order valence-corrected chi connectivity index (χ3v) is 3.40. The van der Waals surface area contributed by atoms with Crippen molar-refractivity contribution in [2.45, 2.75) is 13.5 Å². The van der Waals surface area contributed by atoms with Crippen LogP contribution in [0.1, 0.15) is 12.5 Å². The van der Waals surface area contributed by atoms with Gasteiger partial charge in [-0.1, -0.05) is 0 Å². The summed E-state index contributed by atoms with van der Waals surface area (Å²) in [6, 6.07) is 11.8. The first kappa shape index (κ1) is 20.4. The lowest BCUT2D eigenvalue weighted by atomic mass is 10.2. The summed E-state index contributed by atoms with van der Waals surface area (Å²) >= 11 is 5.15. The van der Waals surface area contributed by atoms with Gasteiger partial charge in [0.15, 0.2) is 16.6 Å². The van der Waals surface area contributed by atoms with Crippen molar-refractivity contribution in [2.75, 3.05) is 19.0 Å². The molecule has 2 rings (SSSR count). The molecule has 0 aromatic heterocycles. The Labute approximate surface area is 161 Å². The van der Waals surface area contributed by atoms with Crippen LogP contribution in [0, 0.1) is 0 Å². The zero-order chi connectivity index (χ0) is 19.6. The van der Waals surface area contributed by atoms with E-state index in [9.17, 15) is 8.78 Å². The van der Waals surface area contributed by atoms with E-state index in [0.717, 1.165) is 11.4 Å². The number of thiocarbonyl (C=S) groups is 1. The standard InChI is InChI=1S/C18H19F2N3O3S/c1-3-25-14-7-5-13(6-8-14)22-18(27)23-21-11-12-4-9-15(24-2)16(10-12)26-17(19)20/h4-11,17H,3H2,1-2H3,(H2,22,23,27)/b21-11-. The maximum Gasteiger partial charge on any atom is 0.387 e. The molecule has 0 radical (unpaired) electrons. The Balaban J connectivity index is 1.93. The highest BCUT2D eigenvalue weighted by Gasteiger charge is 2.10. The van der Waals surface area contributed by atoms with Crippen LogP contribution >= 0.6 is 12.2 Å².